The fourth-order valence-corrected chi connectivity index (χ4v) is 4.62. The van der Waals surface area contributed by atoms with E-state index in [0.717, 1.165) is 32.0 Å². The summed E-state index contributed by atoms with van der Waals surface area (Å²) >= 11 is 12.2. The summed E-state index contributed by atoms with van der Waals surface area (Å²) in [4.78, 5) is 23.2. The molecule has 3 aromatic rings. The molecule has 1 aromatic carbocycles. The number of halogens is 2. The van der Waals surface area contributed by atoms with E-state index in [1.165, 1.54) is 0 Å². The van der Waals surface area contributed by atoms with Crippen LogP contribution in [-0.2, 0) is 0 Å². The maximum absolute atomic E-state index is 11.8. The molecule has 0 saturated heterocycles. The quantitative estimate of drug-likeness (QED) is 0.497. The van der Waals surface area contributed by atoms with Gasteiger partial charge in [-0.15, -0.1) is 0 Å². The van der Waals surface area contributed by atoms with Gasteiger partial charge in [0.25, 0.3) is 0 Å². The van der Waals surface area contributed by atoms with Gasteiger partial charge in [-0.25, -0.2) is 4.98 Å². The van der Waals surface area contributed by atoms with E-state index in [4.69, 9.17) is 28.2 Å². The second kappa shape index (κ2) is 8.99. The predicted molar refractivity (Wildman–Crippen MR) is 125 cm³/mol. The number of fused-ring (bicyclic) bond motifs is 1. The first-order valence-corrected chi connectivity index (χ1v) is 11.0. The molecule has 2 aromatic heterocycles. The molecule has 0 atom stereocenters. The van der Waals surface area contributed by atoms with Crippen molar-refractivity contribution in [1.29, 1.82) is 0 Å². The Hall–Kier alpha value is -2.41. The van der Waals surface area contributed by atoms with Crippen molar-refractivity contribution in [3.63, 3.8) is 0 Å². The second-order valence-corrected chi connectivity index (χ2v) is 8.99. The molecule has 1 aliphatic rings. The third kappa shape index (κ3) is 4.47. The molecule has 6 nitrogen and oxygen atoms in total. The lowest BCUT2D eigenvalue weighted by molar-refractivity contribution is 0.112. The number of phenols is 1. The highest BCUT2D eigenvalue weighted by Crippen LogP contribution is 2.37. The van der Waals surface area contributed by atoms with Crippen LogP contribution in [0.25, 0.3) is 22.3 Å². The number of rotatable bonds is 5. The molecular formula is C23H24Cl2N4O2. The number of aromatic nitrogens is 2. The summed E-state index contributed by atoms with van der Waals surface area (Å²) in [5, 5.41) is 13.7. The Morgan fingerprint density at radius 2 is 1.81 bits per heavy atom. The van der Waals surface area contributed by atoms with Crippen LogP contribution in [0, 0.1) is 0 Å². The Bertz CT molecular complexity index is 1100. The highest BCUT2D eigenvalue weighted by molar-refractivity contribution is 6.37. The number of carbonyl (C=O) groups excluding carboxylic acids is 1. The summed E-state index contributed by atoms with van der Waals surface area (Å²) in [6.07, 6.45) is 6.64. The average molecular weight is 459 g/mol. The Kier molecular flexibility index (Phi) is 6.32. The van der Waals surface area contributed by atoms with Crippen molar-refractivity contribution in [2.45, 2.75) is 37.8 Å². The van der Waals surface area contributed by atoms with Crippen molar-refractivity contribution in [1.82, 2.24) is 14.9 Å². The molecule has 0 radical (unpaired) electrons. The minimum atomic E-state index is -0.159. The number of carbonyl (C=O) groups is 1. The molecule has 1 aliphatic carbocycles. The fraction of sp³-hybridized carbons (Fsp3) is 0.348. The van der Waals surface area contributed by atoms with E-state index in [1.54, 1.807) is 18.3 Å². The van der Waals surface area contributed by atoms with E-state index >= 15 is 0 Å². The van der Waals surface area contributed by atoms with E-state index in [0.29, 0.717) is 39.6 Å². The Morgan fingerprint density at radius 3 is 2.42 bits per heavy atom. The minimum absolute atomic E-state index is 0.153. The van der Waals surface area contributed by atoms with Crippen LogP contribution >= 0.6 is 23.2 Å². The van der Waals surface area contributed by atoms with E-state index in [9.17, 15) is 9.90 Å². The van der Waals surface area contributed by atoms with Crippen LogP contribution in [0.1, 0.15) is 36.0 Å². The third-order valence-corrected chi connectivity index (χ3v) is 6.53. The number of benzene rings is 1. The highest BCUT2D eigenvalue weighted by Gasteiger charge is 2.24. The molecule has 0 bridgehead atoms. The molecule has 1 saturated carbocycles. The summed E-state index contributed by atoms with van der Waals surface area (Å²) in [5.41, 5.74) is 3.79. The monoisotopic (exact) mass is 458 g/mol. The highest BCUT2D eigenvalue weighted by atomic mass is 35.5. The van der Waals surface area contributed by atoms with Crippen LogP contribution in [0.5, 0.6) is 5.75 Å². The molecule has 4 rings (SSSR count). The van der Waals surface area contributed by atoms with E-state index in [2.05, 4.69) is 29.3 Å². The number of anilines is 1. The van der Waals surface area contributed by atoms with Gasteiger partial charge in [-0.1, -0.05) is 23.2 Å². The second-order valence-electron chi connectivity index (χ2n) is 8.17. The van der Waals surface area contributed by atoms with Crippen molar-refractivity contribution in [3.05, 3.63) is 46.1 Å². The number of aldehydes is 1. The van der Waals surface area contributed by atoms with Crippen molar-refractivity contribution >= 4 is 46.2 Å². The van der Waals surface area contributed by atoms with Gasteiger partial charge in [0.1, 0.15) is 5.52 Å². The van der Waals surface area contributed by atoms with E-state index in [-0.39, 0.29) is 21.8 Å². The van der Waals surface area contributed by atoms with E-state index in [1.807, 2.05) is 12.1 Å². The number of hydrogen-bond donors (Lipinski definition) is 2. The first kappa shape index (κ1) is 21.8. The molecule has 162 valence electrons. The molecule has 0 aliphatic heterocycles. The van der Waals surface area contributed by atoms with Crippen LogP contribution < -0.4 is 5.32 Å². The molecule has 0 amide bonds. The zero-order chi connectivity index (χ0) is 22.1. The van der Waals surface area contributed by atoms with Gasteiger partial charge in [0.05, 0.1) is 32.5 Å². The normalized spacial score (nSPS) is 19.0. The van der Waals surface area contributed by atoms with Gasteiger partial charge in [-0.05, 0) is 64.0 Å². The fourth-order valence-electron chi connectivity index (χ4n) is 4.14. The van der Waals surface area contributed by atoms with Crippen LogP contribution in [0.2, 0.25) is 10.0 Å². The topological polar surface area (TPSA) is 78.4 Å². The molecule has 31 heavy (non-hydrogen) atoms. The average Bonchev–Trinajstić information content (AvgIpc) is 2.77. The summed E-state index contributed by atoms with van der Waals surface area (Å²) in [6.45, 7) is 0. The molecular weight excluding hydrogens is 435 g/mol. The van der Waals surface area contributed by atoms with E-state index < -0.39 is 0 Å². The van der Waals surface area contributed by atoms with Gasteiger partial charge in [-0.2, -0.15) is 0 Å². The molecule has 0 unspecified atom stereocenters. The minimum Gasteiger partial charge on any atom is -0.505 e. The lowest BCUT2D eigenvalue weighted by atomic mass is 9.90. The maximum atomic E-state index is 11.8. The molecule has 2 heterocycles. The predicted octanol–water partition coefficient (Wildman–Crippen LogP) is 5.41. The lowest BCUT2D eigenvalue weighted by Gasteiger charge is -2.33. The van der Waals surface area contributed by atoms with Gasteiger partial charge in [0.2, 0.25) is 0 Å². The van der Waals surface area contributed by atoms with Crippen LogP contribution in [-0.4, -0.2) is 52.4 Å². The third-order valence-electron chi connectivity index (χ3n) is 5.96. The molecule has 1 fully saturated rings. The van der Waals surface area contributed by atoms with Crippen LogP contribution in [0.4, 0.5) is 5.69 Å². The Morgan fingerprint density at radius 1 is 1.13 bits per heavy atom. The van der Waals surface area contributed by atoms with Gasteiger partial charge >= 0.3 is 0 Å². The van der Waals surface area contributed by atoms with Crippen molar-refractivity contribution in [3.8, 4) is 17.0 Å². The SMILES string of the molecule is CN(C)[C@H]1CC[C@H](Nc2c(C=O)cnc3ccc(-c4cc(Cl)c(O)c(Cl)c4)nc23)CC1. The number of phenolic OH excluding ortho intramolecular Hbond substituents is 1. The Labute approximate surface area is 191 Å². The smallest absolute Gasteiger partial charge is 0.153 e. The molecule has 2 N–H and O–H groups in total. The first-order chi connectivity index (χ1) is 14.9. The van der Waals surface area contributed by atoms with Gasteiger partial charge in [0, 0.05) is 23.8 Å². The summed E-state index contributed by atoms with van der Waals surface area (Å²) < 4.78 is 0. The molecule has 8 heteroatoms. The van der Waals surface area contributed by atoms with Gasteiger partial charge in [-0.3, -0.25) is 9.78 Å². The summed E-state index contributed by atoms with van der Waals surface area (Å²) in [5.74, 6) is -0.159. The van der Waals surface area contributed by atoms with Gasteiger partial charge in [0.15, 0.2) is 12.0 Å². The maximum Gasteiger partial charge on any atom is 0.153 e. The van der Waals surface area contributed by atoms with Crippen molar-refractivity contribution < 1.29 is 9.90 Å². The zero-order valence-electron chi connectivity index (χ0n) is 17.4. The number of nitrogens with zero attached hydrogens (tertiary/aromatic N) is 3. The largest absolute Gasteiger partial charge is 0.505 e. The number of aromatic hydroxyl groups is 1. The number of nitrogens with one attached hydrogen (secondary N) is 1. The number of hydrogen-bond acceptors (Lipinski definition) is 6. The molecule has 0 spiro atoms. The summed E-state index contributed by atoms with van der Waals surface area (Å²) in [6, 6.07) is 7.76. The standard InChI is InChI=1S/C23H24Cl2N4O2/c1-29(2)16-5-3-15(4-6-16)27-21-14(12-30)11-26-20-8-7-19(28-22(20)21)13-9-17(24)23(31)18(25)10-13/h7-12,15-16,31H,3-6H2,1-2H3,(H,26,27)/t15-,16-. The number of pyridine rings is 2. The van der Waals surface area contributed by atoms with Crippen LogP contribution in [0.15, 0.2) is 30.5 Å². The van der Waals surface area contributed by atoms with Crippen molar-refractivity contribution in [2.75, 3.05) is 19.4 Å². The van der Waals surface area contributed by atoms with Crippen LogP contribution in [0.3, 0.4) is 0 Å². The first-order valence-electron chi connectivity index (χ1n) is 10.2. The summed E-state index contributed by atoms with van der Waals surface area (Å²) in [7, 11) is 4.24. The van der Waals surface area contributed by atoms with Gasteiger partial charge < -0.3 is 15.3 Å². The lowest BCUT2D eigenvalue weighted by Crippen LogP contribution is -2.36. The van der Waals surface area contributed by atoms with Crippen molar-refractivity contribution in [2.24, 2.45) is 0 Å². The zero-order valence-corrected chi connectivity index (χ0v) is 18.9. The Balaban J connectivity index is 1.72.